The Kier molecular flexibility index (Phi) is 2.80. The van der Waals surface area contributed by atoms with Gasteiger partial charge >= 0.3 is 0 Å². The summed E-state index contributed by atoms with van der Waals surface area (Å²) in [4.78, 5) is 3.86. The van der Waals surface area contributed by atoms with Crippen LogP contribution in [0.5, 0.6) is 0 Å². The van der Waals surface area contributed by atoms with Crippen molar-refractivity contribution >= 4 is 6.21 Å². The van der Waals surface area contributed by atoms with Gasteiger partial charge in [0.25, 0.3) is 0 Å². The second kappa shape index (κ2) is 3.16. The van der Waals surface area contributed by atoms with E-state index < -0.39 is 0 Å². The van der Waals surface area contributed by atoms with Gasteiger partial charge in [-0.05, 0) is 11.6 Å². The standard InChI is InChI=1S/C6H7N.H3N/c1-6-2-4-7-5-3-6;/h2,4-5H,1,3H2;1H3. The molecule has 44 valence electrons. The molecule has 8 heavy (non-hydrogen) atoms. The number of aliphatic imine (C=N–C) groups is 1. The molecule has 1 aliphatic heterocycles. The molecule has 2 heteroatoms. The number of hydrogen-bond donors (Lipinski definition) is 1. The number of hydrogen-bond acceptors (Lipinski definition) is 2. The van der Waals surface area contributed by atoms with Gasteiger partial charge in [-0.1, -0.05) is 6.58 Å². The molecule has 0 bridgehead atoms. The lowest BCUT2D eigenvalue weighted by atomic mass is 10.2. The van der Waals surface area contributed by atoms with E-state index in [0.29, 0.717) is 0 Å². The van der Waals surface area contributed by atoms with Gasteiger partial charge in [-0.15, -0.1) is 0 Å². The van der Waals surface area contributed by atoms with Gasteiger partial charge in [0.15, 0.2) is 0 Å². The highest BCUT2D eigenvalue weighted by Crippen LogP contribution is 2.01. The van der Waals surface area contributed by atoms with Crippen LogP contribution in [0, 0.1) is 0 Å². The zero-order valence-electron chi connectivity index (χ0n) is 4.80. The lowest BCUT2D eigenvalue weighted by Gasteiger charge is -1.94. The van der Waals surface area contributed by atoms with E-state index >= 15 is 0 Å². The fourth-order valence-electron chi connectivity index (χ4n) is 0.447. The second-order valence-corrected chi connectivity index (χ2v) is 1.51. The SMILES string of the molecule is C=C1C=CN=CC1.N. The Labute approximate surface area is 49.2 Å². The van der Waals surface area contributed by atoms with Crippen LogP contribution in [0.25, 0.3) is 0 Å². The average Bonchev–Trinajstić information content (AvgIpc) is 1.69. The third-order valence-electron chi connectivity index (χ3n) is 0.855. The van der Waals surface area contributed by atoms with Crippen molar-refractivity contribution in [1.82, 2.24) is 6.15 Å². The topological polar surface area (TPSA) is 47.4 Å². The van der Waals surface area contributed by atoms with Gasteiger partial charge in [-0.25, -0.2) is 0 Å². The molecule has 0 aromatic heterocycles. The molecule has 0 aromatic rings. The van der Waals surface area contributed by atoms with Gasteiger partial charge in [-0.2, -0.15) is 0 Å². The van der Waals surface area contributed by atoms with Crippen LogP contribution in [-0.2, 0) is 0 Å². The predicted octanol–water partition coefficient (Wildman–Crippen LogP) is 1.69. The normalized spacial score (nSPS) is 15.8. The number of allylic oxidation sites excluding steroid dienone is 2. The maximum atomic E-state index is 3.86. The molecule has 0 saturated heterocycles. The maximum absolute atomic E-state index is 3.86. The molecule has 0 fully saturated rings. The number of rotatable bonds is 0. The van der Waals surface area contributed by atoms with Gasteiger partial charge < -0.3 is 6.15 Å². The number of nitrogens with zero attached hydrogens (tertiary/aromatic N) is 1. The van der Waals surface area contributed by atoms with Crippen LogP contribution in [0.2, 0.25) is 0 Å². The first kappa shape index (κ1) is 7.11. The zero-order valence-corrected chi connectivity index (χ0v) is 4.80. The first-order valence-corrected chi connectivity index (χ1v) is 2.25. The van der Waals surface area contributed by atoms with Crippen LogP contribution in [0.15, 0.2) is 29.4 Å². The van der Waals surface area contributed by atoms with E-state index in [1.165, 1.54) is 0 Å². The first-order valence-electron chi connectivity index (χ1n) is 2.25. The molecule has 1 heterocycles. The zero-order chi connectivity index (χ0) is 5.11. The summed E-state index contributed by atoms with van der Waals surface area (Å²) in [6.07, 6.45) is 6.44. The molecule has 0 saturated carbocycles. The summed E-state index contributed by atoms with van der Waals surface area (Å²) in [6, 6.07) is 0. The second-order valence-electron chi connectivity index (χ2n) is 1.51. The van der Waals surface area contributed by atoms with Gasteiger partial charge in [0.1, 0.15) is 0 Å². The summed E-state index contributed by atoms with van der Waals surface area (Å²) in [5.74, 6) is 0. The van der Waals surface area contributed by atoms with E-state index in [1.807, 2.05) is 12.3 Å². The Bertz CT molecular complexity index is 133. The van der Waals surface area contributed by atoms with Gasteiger partial charge in [0.05, 0.1) is 0 Å². The highest BCUT2D eigenvalue weighted by Gasteiger charge is 1.86. The van der Waals surface area contributed by atoms with E-state index in [2.05, 4.69) is 11.6 Å². The van der Waals surface area contributed by atoms with Crippen molar-refractivity contribution in [2.24, 2.45) is 4.99 Å². The Morgan fingerprint density at radius 2 is 2.38 bits per heavy atom. The van der Waals surface area contributed by atoms with Gasteiger partial charge in [0, 0.05) is 18.8 Å². The lowest BCUT2D eigenvalue weighted by Crippen LogP contribution is -1.81. The van der Waals surface area contributed by atoms with E-state index in [0.717, 1.165) is 12.0 Å². The van der Waals surface area contributed by atoms with Crippen molar-refractivity contribution in [2.45, 2.75) is 6.42 Å². The van der Waals surface area contributed by atoms with Gasteiger partial charge in [0.2, 0.25) is 0 Å². The first-order chi connectivity index (χ1) is 3.39. The van der Waals surface area contributed by atoms with Crippen molar-refractivity contribution in [1.29, 1.82) is 0 Å². The van der Waals surface area contributed by atoms with E-state index in [1.54, 1.807) is 6.20 Å². The van der Waals surface area contributed by atoms with E-state index in [-0.39, 0.29) is 6.15 Å². The summed E-state index contributed by atoms with van der Waals surface area (Å²) in [6.45, 7) is 3.74. The quantitative estimate of drug-likeness (QED) is 0.506. The molecule has 1 aliphatic rings. The van der Waals surface area contributed by atoms with Crippen LogP contribution in [-0.4, -0.2) is 6.21 Å². The van der Waals surface area contributed by atoms with Crippen molar-refractivity contribution in [2.75, 3.05) is 0 Å². The van der Waals surface area contributed by atoms with Crippen molar-refractivity contribution in [3.8, 4) is 0 Å². The van der Waals surface area contributed by atoms with Crippen LogP contribution < -0.4 is 6.15 Å². The molecule has 0 atom stereocenters. The predicted molar refractivity (Wildman–Crippen MR) is 36.4 cm³/mol. The summed E-state index contributed by atoms with van der Waals surface area (Å²) in [7, 11) is 0. The minimum atomic E-state index is 0. The summed E-state index contributed by atoms with van der Waals surface area (Å²) in [5.41, 5.74) is 1.13. The monoisotopic (exact) mass is 110 g/mol. The van der Waals surface area contributed by atoms with Crippen molar-refractivity contribution < 1.29 is 0 Å². The molecular formula is C6H10N2. The third-order valence-corrected chi connectivity index (χ3v) is 0.855. The average molecular weight is 110 g/mol. The Balaban J connectivity index is 0.000000490. The van der Waals surface area contributed by atoms with Crippen LogP contribution >= 0.6 is 0 Å². The van der Waals surface area contributed by atoms with Crippen molar-refractivity contribution in [3.63, 3.8) is 0 Å². The largest absolute Gasteiger partial charge is 0.344 e. The third kappa shape index (κ3) is 1.71. The molecule has 0 amide bonds. The molecule has 0 spiro atoms. The molecule has 1 rings (SSSR count). The van der Waals surface area contributed by atoms with E-state index in [9.17, 15) is 0 Å². The Morgan fingerprint density at radius 1 is 1.62 bits per heavy atom. The molecule has 0 radical (unpaired) electrons. The fraction of sp³-hybridized carbons (Fsp3) is 0.167. The molecule has 0 unspecified atom stereocenters. The summed E-state index contributed by atoms with van der Waals surface area (Å²) < 4.78 is 0. The highest BCUT2D eigenvalue weighted by molar-refractivity contribution is 5.64. The molecule has 0 aliphatic carbocycles. The molecule has 3 N–H and O–H groups in total. The van der Waals surface area contributed by atoms with Crippen molar-refractivity contribution in [3.05, 3.63) is 24.4 Å². The van der Waals surface area contributed by atoms with E-state index in [4.69, 9.17) is 0 Å². The minimum Gasteiger partial charge on any atom is -0.344 e. The molecule has 0 aromatic carbocycles. The Morgan fingerprint density at radius 3 is 2.62 bits per heavy atom. The summed E-state index contributed by atoms with van der Waals surface area (Å²) in [5, 5.41) is 0. The maximum Gasteiger partial charge on any atom is 0.0266 e. The van der Waals surface area contributed by atoms with Crippen LogP contribution in [0.1, 0.15) is 6.42 Å². The lowest BCUT2D eigenvalue weighted by molar-refractivity contribution is 1.33. The smallest absolute Gasteiger partial charge is 0.0266 e. The Hall–Kier alpha value is -0.890. The molecule has 2 nitrogen and oxygen atoms in total. The highest BCUT2D eigenvalue weighted by atomic mass is 14.7. The molecular weight excluding hydrogens is 100 g/mol. The van der Waals surface area contributed by atoms with Crippen LogP contribution in [0.4, 0.5) is 0 Å². The fourth-order valence-corrected chi connectivity index (χ4v) is 0.447. The van der Waals surface area contributed by atoms with Crippen LogP contribution in [0.3, 0.4) is 0 Å². The summed E-state index contributed by atoms with van der Waals surface area (Å²) >= 11 is 0. The van der Waals surface area contributed by atoms with Gasteiger partial charge in [-0.3, -0.25) is 4.99 Å². The minimum absolute atomic E-state index is 0.